The van der Waals surface area contributed by atoms with Crippen LogP contribution in [0.3, 0.4) is 0 Å². The average Bonchev–Trinajstić information content (AvgIpc) is 2.87. The summed E-state index contributed by atoms with van der Waals surface area (Å²) in [6.45, 7) is 0.808. The van der Waals surface area contributed by atoms with E-state index >= 15 is 0 Å². The number of sulfonamides is 1. The molecule has 2 aromatic carbocycles. The molecule has 1 saturated carbocycles. The molecule has 0 unspecified atom stereocenters. The highest BCUT2D eigenvalue weighted by Gasteiger charge is 2.34. The highest BCUT2D eigenvalue weighted by atomic mass is 32.2. The van der Waals surface area contributed by atoms with Gasteiger partial charge in [0.25, 0.3) is 5.56 Å². The number of pyridine rings is 1. The van der Waals surface area contributed by atoms with Gasteiger partial charge in [0.2, 0.25) is 10.0 Å². The highest BCUT2D eigenvalue weighted by molar-refractivity contribution is 7.89. The standard InChI is InChI=1S/C25H28N2O6S/c1-31-20-8-7-17-13-18(25(28)26-22(17)14-20)16-27(19-5-3-2-4-6-19)34(29,30)21-9-10-23-24(15-21)33-12-11-32-23/h7-10,13-15,19H,2-6,11-12,16H2,1H3,(H,26,28). The van der Waals surface area contributed by atoms with Crippen LogP contribution in [0.5, 0.6) is 17.2 Å². The lowest BCUT2D eigenvalue weighted by Gasteiger charge is -2.33. The molecule has 1 aromatic heterocycles. The first-order valence-corrected chi connectivity index (χ1v) is 13.0. The fourth-order valence-corrected chi connectivity index (χ4v) is 6.42. The van der Waals surface area contributed by atoms with Crippen molar-refractivity contribution in [1.29, 1.82) is 0 Å². The largest absolute Gasteiger partial charge is 0.497 e. The molecular weight excluding hydrogens is 456 g/mol. The van der Waals surface area contributed by atoms with Gasteiger partial charge in [-0.25, -0.2) is 8.42 Å². The van der Waals surface area contributed by atoms with Crippen LogP contribution >= 0.6 is 0 Å². The molecule has 1 N–H and O–H groups in total. The maximum atomic E-state index is 13.9. The van der Waals surface area contributed by atoms with Gasteiger partial charge in [0, 0.05) is 30.3 Å². The van der Waals surface area contributed by atoms with E-state index in [2.05, 4.69) is 4.98 Å². The predicted molar refractivity (Wildman–Crippen MR) is 128 cm³/mol. The molecule has 0 amide bonds. The van der Waals surface area contributed by atoms with Gasteiger partial charge < -0.3 is 19.2 Å². The van der Waals surface area contributed by atoms with Gasteiger partial charge >= 0.3 is 0 Å². The van der Waals surface area contributed by atoms with Gasteiger partial charge in [0.05, 0.1) is 17.5 Å². The van der Waals surface area contributed by atoms with Gasteiger partial charge in [-0.05, 0) is 48.6 Å². The van der Waals surface area contributed by atoms with Crippen LogP contribution in [0.15, 0.2) is 52.2 Å². The zero-order valence-corrected chi connectivity index (χ0v) is 19.9. The summed E-state index contributed by atoms with van der Waals surface area (Å²) in [4.78, 5) is 16.0. The number of ether oxygens (including phenoxy) is 3. The number of rotatable bonds is 6. The third-order valence-electron chi connectivity index (χ3n) is 6.56. The molecule has 9 heteroatoms. The summed E-state index contributed by atoms with van der Waals surface area (Å²) >= 11 is 0. The number of methoxy groups -OCH3 is 1. The quantitative estimate of drug-likeness (QED) is 0.571. The number of aromatic amines is 1. The Morgan fingerprint density at radius 1 is 1.00 bits per heavy atom. The van der Waals surface area contributed by atoms with Crippen LogP contribution in [-0.4, -0.2) is 44.1 Å². The van der Waals surface area contributed by atoms with E-state index in [-0.39, 0.29) is 23.0 Å². The number of benzene rings is 2. The SMILES string of the molecule is COc1ccc2cc(CN(C3CCCCC3)S(=O)(=O)c3ccc4c(c3)OCCO4)c(=O)[nH]c2c1. The second kappa shape index (κ2) is 9.31. The molecule has 1 aliphatic carbocycles. The first-order chi connectivity index (χ1) is 16.5. The van der Waals surface area contributed by atoms with Crippen LogP contribution in [0.4, 0.5) is 0 Å². The van der Waals surface area contributed by atoms with Gasteiger partial charge in [-0.2, -0.15) is 4.31 Å². The number of fused-ring (bicyclic) bond motifs is 2. The third-order valence-corrected chi connectivity index (χ3v) is 8.45. The van der Waals surface area contributed by atoms with E-state index in [0.717, 1.165) is 37.5 Å². The van der Waals surface area contributed by atoms with Crippen molar-refractivity contribution in [2.24, 2.45) is 0 Å². The van der Waals surface area contributed by atoms with E-state index in [9.17, 15) is 13.2 Å². The fourth-order valence-electron chi connectivity index (χ4n) is 4.74. The summed E-state index contributed by atoms with van der Waals surface area (Å²) in [5.41, 5.74) is 0.746. The predicted octanol–water partition coefficient (Wildman–Crippen LogP) is 3.83. The van der Waals surface area contributed by atoms with E-state index in [1.807, 2.05) is 12.1 Å². The number of hydrogen-bond acceptors (Lipinski definition) is 6. The molecular formula is C25H28N2O6S. The molecule has 0 saturated heterocycles. The lowest BCUT2D eigenvalue weighted by atomic mass is 9.95. The van der Waals surface area contributed by atoms with Crippen molar-refractivity contribution in [3.63, 3.8) is 0 Å². The topological polar surface area (TPSA) is 97.9 Å². The summed E-state index contributed by atoms with van der Waals surface area (Å²) in [6, 6.07) is 11.7. The first kappa shape index (κ1) is 22.7. The zero-order valence-electron chi connectivity index (χ0n) is 19.1. The van der Waals surface area contributed by atoms with E-state index < -0.39 is 10.0 Å². The van der Waals surface area contributed by atoms with Crippen molar-refractivity contribution in [3.05, 3.63) is 58.4 Å². The molecule has 0 spiro atoms. The van der Waals surface area contributed by atoms with Gasteiger partial charge in [-0.15, -0.1) is 0 Å². The summed E-state index contributed by atoms with van der Waals surface area (Å²) in [7, 11) is -2.32. The summed E-state index contributed by atoms with van der Waals surface area (Å²) < 4.78 is 45.7. The normalized spacial score (nSPS) is 16.6. The number of H-pyrrole nitrogens is 1. The van der Waals surface area contributed by atoms with Crippen molar-refractivity contribution in [1.82, 2.24) is 9.29 Å². The lowest BCUT2D eigenvalue weighted by molar-refractivity contribution is 0.171. The van der Waals surface area contributed by atoms with Crippen molar-refractivity contribution in [3.8, 4) is 17.2 Å². The molecule has 0 atom stereocenters. The maximum Gasteiger partial charge on any atom is 0.252 e. The van der Waals surface area contributed by atoms with E-state index in [1.54, 1.807) is 31.4 Å². The van der Waals surface area contributed by atoms with Crippen LogP contribution in [0, 0.1) is 0 Å². The molecule has 1 fully saturated rings. The molecule has 34 heavy (non-hydrogen) atoms. The van der Waals surface area contributed by atoms with Gasteiger partial charge in [0.15, 0.2) is 11.5 Å². The zero-order chi connectivity index (χ0) is 23.7. The van der Waals surface area contributed by atoms with Crippen molar-refractivity contribution in [2.45, 2.75) is 49.6 Å². The maximum absolute atomic E-state index is 13.9. The number of nitrogens with one attached hydrogen (secondary N) is 1. The Bertz CT molecular complexity index is 1360. The minimum Gasteiger partial charge on any atom is -0.497 e. The molecule has 180 valence electrons. The van der Waals surface area contributed by atoms with Crippen molar-refractivity contribution >= 4 is 20.9 Å². The van der Waals surface area contributed by atoms with Crippen LogP contribution < -0.4 is 19.8 Å². The Balaban J connectivity index is 1.54. The molecule has 0 radical (unpaired) electrons. The van der Waals surface area contributed by atoms with Gasteiger partial charge in [0.1, 0.15) is 19.0 Å². The number of nitrogens with zero attached hydrogens (tertiary/aromatic N) is 1. The molecule has 2 heterocycles. The second-order valence-corrected chi connectivity index (χ2v) is 10.6. The molecule has 2 aliphatic rings. The molecule has 8 nitrogen and oxygen atoms in total. The highest BCUT2D eigenvalue weighted by Crippen LogP contribution is 2.35. The van der Waals surface area contributed by atoms with Crippen LogP contribution in [-0.2, 0) is 16.6 Å². The van der Waals surface area contributed by atoms with Crippen LogP contribution in [0.1, 0.15) is 37.7 Å². The van der Waals surface area contributed by atoms with Gasteiger partial charge in [-0.3, -0.25) is 4.79 Å². The summed E-state index contributed by atoms with van der Waals surface area (Å²) in [5, 5.41) is 0.815. The smallest absolute Gasteiger partial charge is 0.252 e. The molecule has 5 rings (SSSR count). The average molecular weight is 485 g/mol. The lowest BCUT2D eigenvalue weighted by Crippen LogP contribution is -2.42. The monoisotopic (exact) mass is 484 g/mol. The molecule has 3 aromatic rings. The van der Waals surface area contributed by atoms with E-state index in [0.29, 0.717) is 41.5 Å². The Morgan fingerprint density at radius 2 is 1.76 bits per heavy atom. The first-order valence-electron chi connectivity index (χ1n) is 11.6. The van der Waals surface area contributed by atoms with Gasteiger partial charge in [-0.1, -0.05) is 19.3 Å². The van der Waals surface area contributed by atoms with Crippen LogP contribution in [0.25, 0.3) is 10.9 Å². The Morgan fingerprint density at radius 3 is 2.53 bits per heavy atom. The summed E-state index contributed by atoms with van der Waals surface area (Å²) in [6.07, 6.45) is 4.56. The van der Waals surface area contributed by atoms with Crippen LogP contribution in [0.2, 0.25) is 0 Å². The Kier molecular flexibility index (Phi) is 6.22. The Labute approximate surface area is 198 Å². The summed E-state index contributed by atoms with van der Waals surface area (Å²) in [5.74, 6) is 1.60. The molecule has 1 aliphatic heterocycles. The minimum absolute atomic E-state index is 0.00125. The van der Waals surface area contributed by atoms with E-state index in [1.165, 1.54) is 10.4 Å². The number of hydrogen-bond donors (Lipinski definition) is 1. The van der Waals surface area contributed by atoms with Crippen molar-refractivity contribution in [2.75, 3.05) is 20.3 Å². The second-order valence-electron chi connectivity index (χ2n) is 8.72. The minimum atomic E-state index is -3.89. The van der Waals surface area contributed by atoms with Crippen molar-refractivity contribution < 1.29 is 22.6 Å². The number of aromatic nitrogens is 1. The fraction of sp³-hybridized carbons (Fsp3) is 0.400. The van der Waals surface area contributed by atoms with E-state index in [4.69, 9.17) is 14.2 Å². The molecule has 0 bridgehead atoms. The third kappa shape index (κ3) is 4.37. The Hall–Kier alpha value is -3.04.